The topological polar surface area (TPSA) is 63.5 Å². The van der Waals surface area contributed by atoms with Gasteiger partial charge in [0.05, 0.1) is 36.4 Å². The van der Waals surface area contributed by atoms with E-state index in [1.54, 1.807) is 4.90 Å². The first-order valence-corrected chi connectivity index (χ1v) is 12.2. The maximum Gasteiger partial charge on any atom is 0.233 e. The number of thioether (sulfide) groups is 1. The minimum absolute atomic E-state index is 0.0386. The van der Waals surface area contributed by atoms with Gasteiger partial charge in [0, 0.05) is 25.0 Å². The molecule has 1 aliphatic rings. The molecule has 0 radical (unpaired) electrons. The van der Waals surface area contributed by atoms with Crippen LogP contribution in [0.3, 0.4) is 0 Å². The van der Waals surface area contributed by atoms with Crippen LogP contribution in [0.15, 0.2) is 47.6 Å². The van der Waals surface area contributed by atoms with E-state index in [4.69, 9.17) is 16.3 Å². The van der Waals surface area contributed by atoms with Crippen molar-refractivity contribution in [3.05, 3.63) is 57.2 Å². The molecule has 7 nitrogen and oxygen atoms in total. The number of amides is 1. The third-order valence-corrected chi connectivity index (χ3v) is 7.11. The van der Waals surface area contributed by atoms with Crippen LogP contribution in [-0.2, 0) is 22.6 Å². The Balaban J connectivity index is 1.46. The molecule has 1 fully saturated rings. The highest BCUT2D eigenvalue weighted by atomic mass is 35.5. The summed E-state index contributed by atoms with van der Waals surface area (Å²) >= 11 is 8.91. The lowest BCUT2D eigenvalue weighted by molar-refractivity contribution is -0.127. The Morgan fingerprint density at radius 2 is 1.97 bits per heavy atom. The molecule has 2 aromatic heterocycles. The first-order chi connectivity index (χ1) is 15.1. The van der Waals surface area contributed by atoms with Gasteiger partial charge in [-0.15, -0.1) is 21.5 Å². The van der Waals surface area contributed by atoms with E-state index in [0.717, 1.165) is 39.0 Å². The Kier molecular flexibility index (Phi) is 7.49. The van der Waals surface area contributed by atoms with E-state index in [0.29, 0.717) is 32.1 Å². The molecular weight excluding hydrogens is 454 g/mol. The molecule has 4 rings (SSSR count). The lowest BCUT2D eigenvalue weighted by Gasteiger charge is -2.28. The molecule has 0 unspecified atom stereocenters. The molecule has 10 heteroatoms. The third kappa shape index (κ3) is 5.79. The summed E-state index contributed by atoms with van der Waals surface area (Å²) in [6.45, 7) is 4.12. The molecule has 1 aromatic carbocycles. The molecule has 0 aliphatic carbocycles. The molecule has 1 saturated heterocycles. The van der Waals surface area contributed by atoms with Crippen molar-refractivity contribution >= 4 is 46.6 Å². The van der Waals surface area contributed by atoms with Gasteiger partial charge in [-0.1, -0.05) is 53.7 Å². The number of nitrogens with zero attached hydrogens (tertiary/aromatic N) is 5. The van der Waals surface area contributed by atoms with Crippen LogP contribution >= 0.6 is 34.7 Å². The summed E-state index contributed by atoms with van der Waals surface area (Å²) in [6, 6.07) is 14.0. The number of rotatable bonds is 8. The van der Waals surface area contributed by atoms with E-state index < -0.39 is 0 Å². The highest BCUT2D eigenvalue weighted by Gasteiger charge is 2.22. The molecule has 3 heterocycles. The fourth-order valence-electron chi connectivity index (χ4n) is 3.28. The van der Waals surface area contributed by atoms with Gasteiger partial charge in [0.25, 0.3) is 0 Å². The quantitative estimate of drug-likeness (QED) is 0.462. The molecule has 3 aromatic rings. The highest BCUT2D eigenvalue weighted by molar-refractivity contribution is 7.99. The third-order valence-electron chi connectivity index (χ3n) is 4.95. The monoisotopic (exact) mass is 477 g/mol. The number of ether oxygens (including phenoxy) is 1. The van der Waals surface area contributed by atoms with Gasteiger partial charge >= 0.3 is 0 Å². The Morgan fingerprint density at radius 3 is 2.68 bits per heavy atom. The summed E-state index contributed by atoms with van der Waals surface area (Å²) in [5, 5.41) is 9.61. The minimum atomic E-state index is 0.0386. The fraction of sp³-hybridized carbons (Fsp3) is 0.381. The summed E-state index contributed by atoms with van der Waals surface area (Å²) in [6.07, 6.45) is 0. The largest absolute Gasteiger partial charge is 0.378 e. The number of aromatic nitrogens is 3. The number of carbonyl (C=O) groups is 1. The maximum atomic E-state index is 12.7. The van der Waals surface area contributed by atoms with E-state index in [9.17, 15) is 4.79 Å². The summed E-state index contributed by atoms with van der Waals surface area (Å²) in [4.78, 5) is 17.7. The Labute approximate surface area is 195 Å². The smallest absolute Gasteiger partial charge is 0.233 e. The fourth-order valence-corrected chi connectivity index (χ4v) is 5.30. The maximum absolute atomic E-state index is 12.7. The Bertz CT molecular complexity index is 1000. The van der Waals surface area contributed by atoms with E-state index in [1.165, 1.54) is 23.1 Å². The predicted octanol–water partition coefficient (Wildman–Crippen LogP) is 3.63. The van der Waals surface area contributed by atoms with Crippen molar-refractivity contribution in [2.75, 3.05) is 44.0 Å². The van der Waals surface area contributed by atoms with Crippen LogP contribution in [0.2, 0.25) is 4.34 Å². The molecule has 0 spiro atoms. The second-order valence-corrected chi connectivity index (χ2v) is 9.94. The van der Waals surface area contributed by atoms with Crippen LogP contribution in [-0.4, -0.2) is 64.7 Å². The van der Waals surface area contributed by atoms with Gasteiger partial charge in [-0.05, 0) is 17.7 Å². The van der Waals surface area contributed by atoms with Crippen molar-refractivity contribution in [1.82, 2.24) is 19.7 Å². The lowest BCUT2D eigenvalue weighted by Crippen LogP contribution is -2.38. The van der Waals surface area contributed by atoms with Crippen molar-refractivity contribution in [2.45, 2.75) is 18.2 Å². The molecule has 1 amide bonds. The van der Waals surface area contributed by atoms with Crippen LogP contribution in [0.5, 0.6) is 0 Å². The summed E-state index contributed by atoms with van der Waals surface area (Å²) in [7, 11) is 1.81. The molecule has 0 atom stereocenters. The molecule has 0 bridgehead atoms. The van der Waals surface area contributed by atoms with Gasteiger partial charge in [0.1, 0.15) is 0 Å². The van der Waals surface area contributed by atoms with E-state index >= 15 is 0 Å². The van der Waals surface area contributed by atoms with Gasteiger partial charge in [-0.2, -0.15) is 0 Å². The van der Waals surface area contributed by atoms with Gasteiger partial charge in [0.15, 0.2) is 5.16 Å². The van der Waals surface area contributed by atoms with E-state index in [1.807, 2.05) is 37.4 Å². The van der Waals surface area contributed by atoms with Crippen LogP contribution in [0.1, 0.15) is 10.4 Å². The number of carbonyl (C=O) groups excluding carboxylic acids is 1. The van der Waals surface area contributed by atoms with Crippen LogP contribution in [0.4, 0.5) is 5.95 Å². The molecule has 1 aliphatic heterocycles. The van der Waals surface area contributed by atoms with Crippen molar-refractivity contribution < 1.29 is 9.53 Å². The molecule has 0 N–H and O–H groups in total. The molecule has 31 heavy (non-hydrogen) atoms. The Morgan fingerprint density at radius 1 is 1.19 bits per heavy atom. The number of morpholine rings is 1. The van der Waals surface area contributed by atoms with Crippen LogP contribution < -0.4 is 4.90 Å². The number of hydrogen-bond donors (Lipinski definition) is 0. The average molecular weight is 478 g/mol. The molecular formula is C21H24ClN5O2S2. The zero-order chi connectivity index (χ0) is 21.6. The standard InChI is InChI=1S/C21H24ClN5O2S2/c1-25(14-17-7-8-18(22)31-17)19(28)15-30-21-24-23-20(26-9-11-29-12-10-26)27(21)13-16-5-3-2-4-6-16/h2-8H,9-15H2,1H3. The summed E-state index contributed by atoms with van der Waals surface area (Å²) in [5.74, 6) is 1.16. The Hall–Kier alpha value is -2.07. The summed E-state index contributed by atoms with van der Waals surface area (Å²) < 4.78 is 8.31. The van der Waals surface area contributed by atoms with Crippen LogP contribution in [0, 0.1) is 0 Å². The number of hydrogen-bond acceptors (Lipinski definition) is 7. The predicted molar refractivity (Wildman–Crippen MR) is 125 cm³/mol. The number of anilines is 1. The first-order valence-electron chi connectivity index (χ1n) is 10.0. The van der Waals surface area contributed by atoms with Crippen molar-refractivity contribution in [1.29, 1.82) is 0 Å². The van der Waals surface area contributed by atoms with E-state index in [2.05, 4.69) is 31.8 Å². The van der Waals surface area contributed by atoms with E-state index in [-0.39, 0.29) is 5.91 Å². The average Bonchev–Trinajstić information content (AvgIpc) is 3.39. The van der Waals surface area contributed by atoms with Gasteiger partial charge in [-0.25, -0.2) is 0 Å². The van der Waals surface area contributed by atoms with Crippen molar-refractivity contribution in [2.24, 2.45) is 0 Å². The van der Waals surface area contributed by atoms with Gasteiger partial charge in [0.2, 0.25) is 11.9 Å². The number of thiophene rings is 1. The van der Waals surface area contributed by atoms with Gasteiger partial charge in [-0.3, -0.25) is 9.36 Å². The zero-order valence-corrected chi connectivity index (χ0v) is 19.6. The van der Waals surface area contributed by atoms with Crippen LogP contribution in [0.25, 0.3) is 0 Å². The number of benzene rings is 1. The molecule has 164 valence electrons. The van der Waals surface area contributed by atoms with Crippen molar-refractivity contribution in [3.8, 4) is 0 Å². The second-order valence-electron chi connectivity index (χ2n) is 7.20. The minimum Gasteiger partial charge on any atom is -0.378 e. The molecule has 0 saturated carbocycles. The lowest BCUT2D eigenvalue weighted by atomic mass is 10.2. The highest BCUT2D eigenvalue weighted by Crippen LogP contribution is 2.26. The zero-order valence-electron chi connectivity index (χ0n) is 17.2. The first kappa shape index (κ1) is 22.1. The number of halogens is 1. The second kappa shape index (κ2) is 10.5. The van der Waals surface area contributed by atoms with Crippen molar-refractivity contribution in [3.63, 3.8) is 0 Å². The normalized spacial score (nSPS) is 14.1. The van der Waals surface area contributed by atoms with Gasteiger partial charge < -0.3 is 14.5 Å². The summed E-state index contributed by atoms with van der Waals surface area (Å²) in [5.41, 5.74) is 1.16. The SMILES string of the molecule is CN(Cc1ccc(Cl)s1)C(=O)CSc1nnc(N2CCOCC2)n1Cc1ccccc1.